The van der Waals surface area contributed by atoms with Gasteiger partial charge in [0.1, 0.15) is 0 Å². The van der Waals surface area contributed by atoms with E-state index in [9.17, 15) is 0 Å². The van der Waals surface area contributed by atoms with Gasteiger partial charge in [0.2, 0.25) is 9.03 Å². The molecule has 1 rings (SSSR count). The first-order valence-electron chi connectivity index (χ1n) is 3.72. The third-order valence-corrected chi connectivity index (χ3v) is 3.28. The van der Waals surface area contributed by atoms with Crippen molar-refractivity contribution in [3.63, 3.8) is 0 Å². The molecule has 0 N–H and O–H groups in total. The zero-order valence-corrected chi connectivity index (χ0v) is 8.47. The fraction of sp³-hybridized carbons (Fsp3) is 0.750. The van der Waals surface area contributed by atoms with E-state index < -0.39 is 0 Å². The summed E-state index contributed by atoms with van der Waals surface area (Å²) in [5.41, 5.74) is -0.102. The summed E-state index contributed by atoms with van der Waals surface area (Å²) >= 11 is 0. The quantitative estimate of drug-likeness (QED) is 0.526. The summed E-state index contributed by atoms with van der Waals surface area (Å²) in [5.74, 6) is 0. The average molecular weight is 174 g/mol. The minimum Gasteiger partial charge on any atom is -0.458 e. The SMILES string of the molecule is CC1(C)C=COPOC1(C)C. The third-order valence-electron chi connectivity index (χ3n) is 2.45. The molecule has 1 heterocycles. The molecule has 1 aliphatic heterocycles. The molecule has 0 aromatic carbocycles. The van der Waals surface area contributed by atoms with Crippen molar-refractivity contribution in [1.82, 2.24) is 0 Å². The Morgan fingerprint density at radius 2 is 1.82 bits per heavy atom. The van der Waals surface area contributed by atoms with E-state index in [1.165, 1.54) is 0 Å². The highest BCUT2D eigenvalue weighted by atomic mass is 31.1. The average Bonchev–Trinajstić information content (AvgIpc) is 1.94. The first-order valence-corrected chi connectivity index (χ1v) is 4.54. The summed E-state index contributed by atoms with van der Waals surface area (Å²) < 4.78 is 10.6. The van der Waals surface area contributed by atoms with E-state index in [1.807, 2.05) is 6.08 Å². The van der Waals surface area contributed by atoms with Gasteiger partial charge in [0, 0.05) is 5.41 Å². The Morgan fingerprint density at radius 3 is 2.45 bits per heavy atom. The van der Waals surface area contributed by atoms with Crippen molar-refractivity contribution in [3.05, 3.63) is 12.3 Å². The Balaban J connectivity index is 2.86. The van der Waals surface area contributed by atoms with Crippen molar-refractivity contribution in [2.75, 3.05) is 0 Å². The molecule has 0 saturated carbocycles. The van der Waals surface area contributed by atoms with Gasteiger partial charge in [-0.25, -0.2) is 0 Å². The lowest BCUT2D eigenvalue weighted by Gasteiger charge is -2.36. The van der Waals surface area contributed by atoms with Gasteiger partial charge in [-0.2, -0.15) is 0 Å². The summed E-state index contributed by atoms with van der Waals surface area (Å²) in [6, 6.07) is 0. The zero-order valence-electron chi connectivity index (χ0n) is 7.47. The normalized spacial score (nSPS) is 29.5. The Morgan fingerprint density at radius 1 is 1.18 bits per heavy atom. The Kier molecular flexibility index (Phi) is 2.27. The van der Waals surface area contributed by atoms with E-state index in [-0.39, 0.29) is 20.1 Å². The molecule has 0 saturated heterocycles. The van der Waals surface area contributed by atoms with Gasteiger partial charge >= 0.3 is 0 Å². The van der Waals surface area contributed by atoms with Crippen molar-refractivity contribution < 1.29 is 9.05 Å². The van der Waals surface area contributed by atoms with Crippen LogP contribution in [0.2, 0.25) is 0 Å². The minimum absolute atomic E-state index is 0.0382. The van der Waals surface area contributed by atoms with Gasteiger partial charge in [-0.1, -0.05) is 13.8 Å². The first kappa shape index (κ1) is 9.02. The second-order valence-corrected chi connectivity index (χ2v) is 4.44. The molecule has 0 fully saturated rings. The van der Waals surface area contributed by atoms with Crippen LogP contribution in [-0.4, -0.2) is 5.60 Å². The van der Waals surface area contributed by atoms with Crippen LogP contribution < -0.4 is 0 Å². The lowest BCUT2D eigenvalue weighted by Crippen LogP contribution is -2.37. The van der Waals surface area contributed by atoms with Gasteiger partial charge in [0.25, 0.3) is 0 Å². The van der Waals surface area contributed by atoms with E-state index in [4.69, 9.17) is 9.05 Å². The summed E-state index contributed by atoms with van der Waals surface area (Å²) in [7, 11) is 0.126. The molecule has 0 amide bonds. The second-order valence-electron chi connectivity index (χ2n) is 3.84. The van der Waals surface area contributed by atoms with Gasteiger partial charge in [-0.05, 0) is 19.9 Å². The van der Waals surface area contributed by atoms with Crippen LogP contribution in [-0.2, 0) is 9.05 Å². The van der Waals surface area contributed by atoms with Crippen molar-refractivity contribution in [2.45, 2.75) is 33.3 Å². The van der Waals surface area contributed by atoms with E-state index in [1.54, 1.807) is 6.26 Å². The second kappa shape index (κ2) is 2.76. The van der Waals surface area contributed by atoms with Crippen LogP contribution in [0, 0.1) is 5.41 Å². The summed E-state index contributed by atoms with van der Waals surface area (Å²) in [6.07, 6.45) is 3.78. The molecule has 2 nitrogen and oxygen atoms in total. The maximum absolute atomic E-state index is 5.55. The van der Waals surface area contributed by atoms with Gasteiger partial charge in [-0.3, -0.25) is 0 Å². The predicted octanol–water partition coefficient (Wildman–Crippen LogP) is 2.86. The maximum Gasteiger partial charge on any atom is 0.214 e. The topological polar surface area (TPSA) is 18.5 Å². The predicted molar refractivity (Wildman–Crippen MR) is 47.5 cm³/mol. The van der Waals surface area contributed by atoms with Crippen LogP contribution >= 0.6 is 9.03 Å². The van der Waals surface area contributed by atoms with Gasteiger partial charge in [0.15, 0.2) is 0 Å². The number of hydrogen-bond donors (Lipinski definition) is 0. The molecule has 3 heteroatoms. The van der Waals surface area contributed by atoms with E-state index in [0.29, 0.717) is 0 Å². The zero-order chi connectivity index (χ0) is 8.54. The Labute approximate surface area is 69.9 Å². The van der Waals surface area contributed by atoms with Gasteiger partial charge in [0.05, 0.1) is 11.9 Å². The molecule has 0 aliphatic carbocycles. The van der Waals surface area contributed by atoms with Gasteiger partial charge < -0.3 is 9.05 Å². The lowest BCUT2D eigenvalue weighted by molar-refractivity contribution is 0.0310. The molecule has 1 unspecified atom stereocenters. The van der Waals surface area contributed by atoms with E-state index in [0.717, 1.165) is 0 Å². The fourth-order valence-corrected chi connectivity index (χ4v) is 1.34. The van der Waals surface area contributed by atoms with Crippen LogP contribution in [0.25, 0.3) is 0 Å². The molecule has 0 aromatic heterocycles. The van der Waals surface area contributed by atoms with E-state index >= 15 is 0 Å². The smallest absolute Gasteiger partial charge is 0.214 e. The molecule has 1 atom stereocenters. The minimum atomic E-state index is -0.140. The lowest BCUT2D eigenvalue weighted by atomic mass is 9.77. The Bertz CT molecular complexity index is 173. The highest BCUT2D eigenvalue weighted by Crippen LogP contribution is 2.42. The number of rotatable bonds is 0. The van der Waals surface area contributed by atoms with E-state index in [2.05, 4.69) is 27.7 Å². The molecule has 64 valence electrons. The van der Waals surface area contributed by atoms with Crippen LogP contribution in [0.1, 0.15) is 27.7 Å². The Hall–Kier alpha value is -0.0700. The standard InChI is InChI=1S/C8H15O2P/c1-7(2)5-6-9-11-10-8(7,3)4/h5-6,11H,1-4H3. The molecule has 11 heavy (non-hydrogen) atoms. The molecular weight excluding hydrogens is 159 g/mol. The van der Waals surface area contributed by atoms with Crippen molar-refractivity contribution in [1.29, 1.82) is 0 Å². The third kappa shape index (κ3) is 1.74. The molecule has 0 aromatic rings. The summed E-state index contributed by atoms with van der Waals surface area (Å²) in [5, 5.41) is 0. The molecule has 0 bridgehead atoms. The molecular formula is C8H15O2P. The summed E-state index contributed by atoms with van der Waals surface area (Å²) in [6.45, 7) is 8.45. The highest BCUT2D eigenvalue weighted by Gasteiger charge is 2.37. The van der Waals surface area contributed by atoms with Crippen LogP contribution in [0.15, 0.2) is 12.3 Å². The van der Waals surface area contributed by atoms with Crippen molar-refractivity contribution in [3.8, 4) is 0 Å². The fourth-order valence-electron chi connectivity index (χ4n) is 0.692. The van der Waals surface area contributed by atoms with Crippen LogP contribution in [0.4, 0.5) is 0 Å². The van der Waals surface area contributed by atoms with Crippen molar-refractivity contribution >= 4 is 9.03 Å². The van der Waals surface area contributed by atoms with Crippen molar-refractivity contribution in [2.24, 2.45) is 5.41 Å². The van der Waals surface area contributed by atoms with Gasteiger partial charge in [-0.15, -0.1) is 0 Å². The first-order chi connectivity index (χ1) is 4.96. The monoisotopic (exact) mass is 174 g/mol. The summed E-state index contributed by atoms with van der Waals surface area (Å²) in [4.78, 5) is 0. The number of hydrogen-bond acceptors (Lipinski definition) is 2. The van der Waals surface area contributed by atoms with Crippen LogP contribution in [0.3, 0.4) is 0 Å². The largest absolute Gasteiger partial charge is 0.458 e. The molecule has 0 spiro atoms. The molecule has 0 radical (unpaired) electrons. The van der Waals surface area contributed by atoms with Crippen LogP contribution in [0.5, 0.6) is 0 Å². The highest BCUT2D eigenvalue weighted by molar-refractivity contribution is 7.26. The molecule has 1 aliphatic rings. The maximum atomic E-state index is 5.55.